The zero-order chi connectivity index (χ0) is 25.2. The van der Waals surface area contributed by atoms with Crippen LogP contribution in [0.4, 0.5) is 11.4 Å². The molecule has 0 unspecified atom stereocenters. The maximum atomic E-state index is 12.5. The Labute approximate surface area is 214 Å². The number of H-pyrrole nitrogens is 1. The van der Waals surface area contributed by atoms with Crippen molar-refractivity contribution in [1.29, 1.82) is 5.26 Å². The number of para-hydroxylation sites is 1. The molecule has 4 aromatic rings. The lowest BCUT2D eigenvalue weighted by atomic mass is 9.96. The van der Waals surface area contributed by atoms with Gasteiger partial charge in [-0.3, -0.25) is 9.78 Å². The standard InChI is InChI=1S/C29H25N5O3/c30-15-19-10-20(17-31-16-19)18-32-23-4-5-27-22(12-23)11-21-2-1-3-25(29(21)37-27)26-13-24(14-28(35)33-26)34-6-8-36-9-7-34/h1-5,10,12-14,16-17,32H,6-9,11,18H2,(H,33,35). The van der Waals surface area contributed by atoms with Crippen molar-refractivity contribution in [3.05, 3.63) is 99.6 Å². The van der Waals surface area contributed by atoms with E-state index in [9.17, 15) is 4.79 Å². The predicted molar refractivity (Wildman–Crippen MR) is 141 cm³/mol. The van der Waals surface area contributed by atoms with E-state index in [1.807, 2.05) is 36.4 Å². The molecule has 8 nitrogen and oxygen atoms in total. The molecular weight excluding hydrogens is 466 g/mol. The summed E-state index contributed by atoms with van der Waals surface area (Å²) in [5.41, 5.74) is 6.94. The third-order valence-electron chi connectivity index (χ3n) is 6.67. The van der Waals surface area contributed by atoms with Gasteiger partial charge in [-0.15, -0.1) is 0 Å². The second kappa shape index (κ2) is 9.80. The Balaban J connectivity index is 1.25. The summed E-state index contributed by atoms with van der Waals surface area (Å²) < 4.78 is 11.9. The van der Waals surface area contributed by atoms with Gasteiger partial charge in [-0.05, 0) is 47.5 Å². The number of morpholine rings is 1. The highest BCUT2D eigenvalue weighted by atomic mass is 16.5. The molecule has 0 bridgehead atoms. The molecule has 0 saturated carbocycles. The quantitative estimate of drug-likeness (QED) is 0.374. The van der Waals surface area contributed by atoms with Crippen molar-refractivity contribution in [3.8, 4) is 28.8 Å². The lowest BCUT2D eigenvalue weighted by Crippen LogP contribution is -2.36. The number of nitrogens with zero attached hydrogens (tertiary/aromatic N) is 3. The zero-order valence-corrected chi connectivity index (χ0v) is 20.2. The summed E-state index contributed by atoms with van der Waals surface area (Å²) in [6, 6.07) is 19.7. The predicted octanol–water partition coefficient (Wildman–Crippen LogP) is 4.45. The molecule has 184 valence electrons. The van der Waals surface area contributed by atoms with Crippen LogP contribution >= 0.6 is 0 Å². The largest absolute Gasteiger partial charge is 0.456 e. The minimum absolute atomic E-state index is 0.140. The number of anilines is 2. The number of ether oxygens (including phenoxy) is 2. The highest BCUT2D eigenvalue weighted by molar-refractivity contribution is 5.74. The van der Waals surface area contributed by atoms with Crippen LogP contribution < -0.4 is 20.5 Å². The second-order valence-electron chi connectivity index (χ2n) is 9.16. The molecule has 4 heterocycles. The van der Waals surface area contributed by atoms with Gasteiger partial charge in [0.05, 0.1) is 24.5 Å². The van der Waals surface area contributed by atoms with Crippen molar-refractivity contribution in [2.24, 2.45) is 0 Å². The van der Waals surface area contributed by atoms with Crippen LogP contribution in [0.15, 0.2) is 71.8 Å². The molecule has 2 aliphatic heterocycles. The Hall–Kier alpha value is -4.61. The van der Waals surface area contributed by atoms with Crippen LogP contribution in [0.25, 0.3) is 11.3 Å². The van der Waals surface area contributed by atoms with E-state index in [2.05, 4.69) is 38.4 Å². The van der Waals surface area contributed by atoms with E-state index in [0.717, 1.165) is 63.9 Å². The number of aromatic nitrogens is 2. The fraction of sp³-hybridized carbons (Fsp3) is 0.207. The maximum Gasteiger partial charge on any atom is 0.250 e. The summed E-state index contributed by atoms with van der Waals surface area (Å²) in [4.78, 5) is 21.8. The Morgan fingerprint density at radius 1 is 1.05 bits per heavy atom. The number of benzene rings is 2. The summed E-state index contributed by atoms with van der Waals surface area (Å²) in [6.07, 6.45) is 4.03. The number of pyridine rings is 2. The minimum atomic E-state index is -0.140. The Morgan fingerprint density at radius 2 is 1.95 bits per heavy atom. The van der Waals surface area contributed by atoms with Crippen molar-refractivity contribution in [3.63, 3.8) is 0 Å². The van der Waals surface area contributed by atoms with Crippen LogP contribution in [0.2, 0.25) is 0 Å². The average molecular weight is 492 g/mol. The smallest absolute Gasteiger partial charge is 0.250 e. The summed E-state index contributed by atoms with van der Waals surface area (Å²) in [6.45, 7) is 3.40. The molecule has 6 rings (SSSR count). The van der Waals surface area contributed by atoms with Crippen LogP contribution in [0.1, 0.15) is 22.3 Å². The highest BCUT2D eigenvalue weighted by Crippen LogP contribution is 2.43. The van der Waals surface area contributed by atoms with Gasteiger partial charge >= 0.3 is 0 Å². The molecule has 2 N–H and O–H groups in total. The molecule has 1 saturated heterocycles. The van der Waals surface area contributed by atoms with Gasteiger partial charge in [-0.25, -0.2) is 0 Å². The molecule has 0 spiro atoms. The van der Waals surface area contributed by atoms with E-state index in [0.29, 0.717) is 31.7 Å². The summed E-state index contributed by atoms with van der Waals surface area (Å²) in [5.74, 6) is 1.57. The number of nitriles is 1. The number of aromatic amines is 1. The first kappa shape index (κ1) is 22.8. The molecule has 0 aliphatic carbocycles. The lowest BCUT2D eigenvalue weighted by Gasteiger charge is -2.29. The van der Waals surface area contributed by atoms with Crippen molar-refractivity contribution >= 4 is 11.4 Å². The molecule has 2 aliphatic rings. The highest BCUT2D eigenvalue weighted by Gasteiger charge is 2.22. The van der Waals surface area contributed by atoms with Gasteiger partial charge in [0.15, 0.2) is 0 Å². The van der Waals surface area contributed by atoms with Crippen molar-refractivity contribution < 1.29 is 9.47 Å². The fourth-order valence-corrected chi connectivity index (χ4v) is 4.83. The van der Waals surface area contributed by atoms with E-state index in [-0.39, 0.29) is 5.56 Å². The lowest BCUT2D eigenvalue weighted by molar-refractivity contribution is 0.122. The van der Waals surface area contributed by atoms with Crippen LogP contribution in [-0.4, -0.2) is 36.3 Å². The molecule has 2 aromatic heterocycles. The van der Waals surface area contributed by atoms with Gasteiger partial charge in [-0.1, -0.05) is 12.1 Å². The molecule has 0 atom stereocenters. The van der Waals surface area contributed by atoms with Crippen LogP contribution in [0, 0.1) is 11.3 Å². The fourth-order valence-electron chi connectivity index (χ4n) is 4.83. The van der Waals surface area contributed by atoms with Gasteiger partial charge in [0.2, 0.25) is 5.56 Å². The normalized spacial score (nSPS) is 14.2. The SMILES string of the molecule is N#Cc1cncc(CNc2ccc3c(c2)Cc2cccc(-c4cc(N5CCOCC5)cc(=O)[nH]4)c2O3)c1. The van der Waals surface area contributed by atoms with Gasteiger partial charge < -0.3 is 24.7 Å². The molecular formula is C29H25N5O3. The van der Waals surface area contributed by atoms with Crippen LogP contribution in [0.5, 0.6) is 11.5 Å². The molecule has 0 radical (unpaired) electrons. The van der Waals surface area contributed by atoms with Crippen LogP contribution in [-0.2, 0) is 17.7 Å². The van der Waals surface area contributed by atoms with Crippen molar-refractivity contribution in [2.75, 3.05) is 36.5 Å². The Bertz CT molecular complexity index is 1570. The molecule has 8 heteroatoms. The number of rotatable bonds is 5. The topological polar surface area (TPSA) is 103 Å². The van der Waals surface area contributed by atoms with E-state index >= 15 is 0 Å². The first-order chi connectivity index (χ1) is 18.2. The maximum absolute atomic E-state index is 12.5. The van der Waals surface area contributed by atoms with E-state index < -0.39 is 0 Å². The number of nitrogens with one attached hydrogen (secondary N) is 2. The van der Waals surface area contributed by atoms with Gasteiger partial charge in [0.1, 0.15) is 17.6 Å². The van der Waals surface area contributed by atoms with E-state index in [1.165, 1.54) is 0 Å². The van der Waals surface area contributed by atoms with Crippen LogP contribution in [0.3, 0.4) is 0 Å². The Kier molecular flexibility index (Phi) is 6.05. The first-order valence-corrected chi connectivity index (χ1v) is 12.2. The monoisotopic (exact) mass is 491 g/mol. The molecule has 1 fully saturated rings. The summed E-state index contributed by atoms with van der Waals surface area (Å²) in [7, 11) is 0. The number of fused-ring (bicyclic) bond motifs is 2. The third-order valence-corrected chi connectivity index (χ3v) is 6.67. The number of hydrogen-bond donors (Lipinski definition) is 2. The van der Waals surface area contributed by atoms with E-state index in [1.54, 1.807) is 18.5 Å². The summed E-state index contributed by atoms with van der Waals surface area (Å²) >= 11 is 0. The van der Waals surface area contributed by atoms with Crippen molar-refractivity contribution in [1.82, 2.24) is 9.97 Å². The van der Waals surface area contributed by atoms with Gasteiger partial charge in [0, 0.05) is 67.0 Å². The van der Waals surface area contributed by atoms with E-state index in [4.69, 9.17) is 14.7 Å². The molecule has 0 amide bonds. The first-order valence-electron chi connectivity index (χ1n) is 12.2. The third kappa shape index (κ3) is 4.77. The molecule has 2 aromatic carbocycles. The Morgan fingerprint density at radius 3 is 2.81 bits per heavy atom. The average Bonchev–Trinajstić information content (AvgIpc) is 2.95. The zero-order valence-electron chi connectivity index (χ0n) is 20.2. The van der Waals surface area contributed by atoms with Crippen molar-refractivity contribution in [2.45, 2.75) is 13.0 Å². The minimum Gasteiger partial charge on any atom is -0.456 e. The second-order valence-corrected chi connectivity index (χ2v) is 9.16. The van der Waals surface area contributed by atoms with Gasteiger partial charge in [0.25, 0.3) is 0 Å². The summed E-state index contributed by atoms with van der Waals surface area (Å²) in [5, 5.41) is 12.5. The molecule has 37 heavy (non-hydrogen) atoms. The number of hydrogen-bond acceptors (Lipinski definition) is 7. The van der Waals surface area contributed by atoms with Gasteiger partial charge in [-0.2, -0.15) is 5.26 Å².